The number of anilines is 2. The van der Waals surface area contributed by atoms with Crippen molar-refractivity contribution in [1.82, 2.24) is 0 Å². The topological polar surface area (TPSA) is 41.1 Å². The van der Waals surface area contributed by atoms with Gasteiger partial charge in [-0.1, -0.05) is 39.7 Å². The van der Waals surface area contributed by atoms with E-state index in [1.54, 1.807) is 25.2 Å². The van der Waals surface area contributed by atoms with Gasteiger partial charge in [-0.05, 0) is 30.3 Å². The minimum absolute atomic E-state index is 0.200. The Morgan fingerprint density at radius 3 is 2.58 bits per heavy atom. The van der Waals surface area contributed by atoms with Crippen molar-refractivity contribution in [3.05, 3.63) is 57.5 Å². The van der Waals surface area contributed by atoms with Gasteiger partial charge in [-0.15, -0.1) is 0 Å². The summed E-state index contributed by atoms with van der Waals surface area (Å²) < 4.78 is 0.867. The molecule has 2 rings (SSSR count). The standard InChI is InChI=1S/C14H12BrClN2O/c1-17-12-5-3-2-4-10(12)14(19)18-13-7-6-9(15)8-11(13)16/h2-8,17H,1H3,(H,18,19). The summed E-state index contributed by atoms with van der Waals surface area (Å²) in [6.07, 6.45) is 0. The van der Waals surface area contributed by atoms with Crippen molar-refractivity contribution in [3.8, 4) is 0 Å². The lowest BCUT2D eigenvalue weighted by molar-refractivity contribution is 0.102. The molecule has 5 heteroatoms. The van der Waals surface area contributed by atoms with Crippen molar-refractivity contribution in [2.45, 2.75) is 0 Å². The zero-order chi connectivity index (χ0) is 13.8. The average molecular weight is 340 g/mol. The second-order valence-electron chi connectivity index (χ2n) is 3.87. The minimum Gasteiger partial charge on any atom is -0.387 e. The van der Waals surface area contributed by atoms with E-state index >= 15 is 0 Å². The largest absolute Gasteiger partial charge is 0.387 e. The van der Waals surface area contributed by atoms with E-state index in [9.17, 15) is 4.79 Å². The van der Waals surface area contributed by atoms with Crippen LogP contribution in [0.4, 0.5) is 11.4 Å². The van der Waals surface area contributed by atoms with Gasteiger partial charge in [0, 0.05) is 17.2 Å². The monoisotopic (exact) mass is 338 g/mol. The molecule has 19 heavy (non-hydrogen) atoms. The molecular formula is C14H12BrClN2O. The molecule has 2 aromatic rings. The third kappa shape index (κ3) is 3.28. The minimum atomic E-state index is -0.200. The number of halogens is 2. The molecule has 1 amide bonds. The van der Waals surface area contributed by atoms with Crippen LogP contribution >= 0.6 is 27.5 Å². The summed E-state index contributed by atoms with van der Waals surface area (Å²) in [7, 11) is 1.78. The molecule has 0 atom stereocenters. The van der Waals surface area contributed by atoms with Gasteiger partial charge in [0.2, 0.25) is 0 Å². The van der Waals surface area contributed by atoms with Crippen LogP contribution < -0.4 is 10.6 Å². The van der Waals surface area contributed by atoms with Crippen LogP contribution in [-0.2, 0) is 0 Å². The molecule has 0 saturated heterocycles. The highest BCUT2D eigenvalue weighted by Crippen LogP contribution is 2.26. The maximum absolute atomic E-state index is 12.2. The first-order chi connectivity index (χ1) is 9.11. The number of benzene rings is 2. The molecular weight excluding hydrogens is 328 g/mol. The van der Waals surface area contributed by atoms with Crippen LogP contribution in [0.1, 0.15) is 10.4 Å². The predicted molar refractivity (Wildman–Crippen MR) is 83.1 cm³/mol. The zero-order valence-corrected chi connectivity index (χ0v) is 12.5. The maximum atomic E-state index is 12.2. The van der Waals surface area contributed by atoms with Gasteiger partial charge < -0.3 is 10.6 Å². The predicted octanol–water partition coefficient (Wildman–Crippen LogP) is 4.40. The number of amides is 1. The highest BCUT2D eigenvalue weighted by molar-refractivity contribution is 9.10. The van der Waals surface area contributed by atoms with E-state index in [0.717, 1.165) is 10.2 Å². The number of rotatable bonds is 3. The quantitative estimate of drug-likeness (QED) is 0.870. The van der Waals surface area contributed by atoms with Gasteiger partial charge in [-0.2, -0.15) is 0 Å². The zero-order valence-electron chi connectivity index (χ0n) is 10.2. The van der Waals surface area contributed by atoms with Crippen LogP contribution in [0.25, 0.3) is 0 Å². The van der Waals surface area contributed by atoms with Gasteiger partial charge in [0.05, 0.1) is 16.3 Å². The van der Waals surface area contributed by atoms with Crippen LogP contribution in [0.3, 0.4) is 0 Å². The molecule has 2 N–H and O–H groups in total. The summed E-state index contributed by atoms with van der Waals surface area (Å²) >= 11 is 9.40. The Kier molecular flexibility index (Phi) is 4.45. The van der Waals surface area contributed by atoms with Gasteiger partial charge in [0.1, 0.15) is 0 Å². The van der Waals surface area contributed by atoms with E-state index in [4.69, 9.17) is 11.6 Å². The van der Waals surface area contributed by atoms with E-state index in [0.29, 0.717) is 16.3 Å². The third-order valence-electron chi connectivity index (χ3n) is 2.62. The van der Waals surface area contributed by atoms with Crippen molar-refractivity contribution in [1.29, 1.82) is 0 Å². The van der Waals surface area contributed by atoms with Crippen LogP contribution in [0, 0.1) is 0 Å². The molecule has 98 valence electrons. The number of carbonyl (C=O) groups is 1. The molecule has 0 bridgehead atoms. The van der Waals surface area contributed by atoms with E-state index in [2.05, 4.69) is 26.6 Å². The van der Waals surface area contributed by atoms with E-state index in [1.807, 2.05) is 24.3 Å². The van der Waals surface area contributed by atoms with Crippen LogP contribution in [-0.4, -0.2) is 13.0 Å². The highest BCUT2D eigenvalue weighted by atomic mass is 79.9. The molecule has 0 aromatic heterocycles. The fourth-order valence-corrected chi connectivity index (χ4v) is 2.40. The van der Waals surface area contributed by atoms with E-state index in [1.165, 1.54) is 0 Å². The number of nitrogens with one attached hydrogen (secondary N) is 2. The van der Waals surface area contributed by atoms with Gasteiger partial charge in [-0.25, -0.2) is 0 Å². The molecule has 0 unspecified atom stereocenters. The molecule has 0 aliphatic carbocycles. The van der Waals surface area contributed by atoms with Crippen molar-refractivity contribution >= 4 is 44.8 Å². The summed E-state index contributed by atoms with van der Waals surface area (Å²) in [6, 6.07) is 12.6. The van der Waals surface area contributed by atoms with Crippen molar-refractivity contribution in [2.75, 3.05) is 17.7 Å². The molecule has 3 nitrogen and oxygen atoms in total. The normalized spacial score (nSPS) is 10.1. The lowest BCUT2D eigenvalue weighted by Gasteiger charge is -2.10. The lowest BCUT2D eigenvalue weighted by Crippen LogP contribution is -2.14. The SMILES string of the molecule is CNc1ccccc1C(=O)Nc1ccc(Br)cc1Cl. The Balaban J connectivity index is 2.26. The maximum Gasteiger partial charge on any atom is 0.257 e. The Bertz CT molecular complexity index is 616. The fraction of sp³-hybridized carbons (Fsp3) is 0.0714. The second-order valence-corrected chi connectivity index (χ2v) is 5.20. The third-order valence-corrected chi connectivity index (χ3v) is 3.43. The first-order valence-corrected chi connectivity index (χ1v) is 6.82. The number of hydrogen-bond donors (Lipinski definition) is 2. The fourth-order valence-electron chi connectivity index (χ4n) is 1.68. The number of carbonyl (C=O) groups excluding carboxylic acids is 1. The van der Waals surface area contributed by atoms with Gasteiger partial charge in [-0.3, -0.25) is 4.79 Å². The van der Waals surface area contributed by atoms with Gasteiger partial charge in [0.25, 0.3) is 5.91 Å². The smallest absolute Gasteiger partial charge is 0.257 e. The van der Waals surface area contributed by atoms with Crippen LogP contribution in [0.5, 0.6) is 0 Å². The highest BCUT2D eigenvalue weighted by Gasteiger charge is 2.11. The molecule has 0 aliphatic rings. The first-order valence-electron chi connectivity index (χ1n) is 5.65. The Morgan fingerprint density at radius 2 is 1.89 bits per heavy atom. The van der Waals surface area contributed by atoms with Crippen LogP contribution in [0.15, 0.2) is 46.9 Å². The molecule has 0 spiro atoms. The average Bonchev–Trinajstić information content (AvgIpc) is 2.41. The van der Waals surface area contributed by atoms with Crippen LogP contribution in [0.2, 0.25) is 5.02 Å². The van der Waals surface area contributed by atoms with Gasteiger partial charge in [0.15, 0.2) is 0 Å². The number of para-hydroxylation sites is 1. The Morgan fingerprint density at radius 1 is 1.16 bits per heavy atom. The summed E-state index contributed by atoms with van der Waals surface area (Å²) in [4.78, 5) is 12.2. The molecule has 0 radical (unpaired) electrons. The molecule has 2 aromatic carbocycles. The molecule has 0 fully saturated rings. The van der Waals surface area contributed by atoms with Crippen molar-refractivity contribution in [2.24, 2.45) is 0 Å². The van der Waals surface area contributed by atoms with Crippen molar-refractivity contribution < 1.29 is 4.79 Å². The molecule has 0 saturated carbocycles. The molecule has 0 heterocycles. The Hall–Kier alpha value is -1.52. The second kappa shape index (κ2) is 6.08. The number of hydrogen-bond acceptors (Lipinski definition) is 2. The van der Waals surface area contributed by atoms with E-state index in [-0.39, 0.29) is 5.91 Å². The first kappa shape index (κ1) is 13.9. The summed E-state index contributed by atoms with van der Waals surface area (Å²) in [5.74, 6) is -0.200. The Labute approximate surface area is 125 Å². The van der Waals surface area contributed by atoms with E-state index < -0.39 is 0 Å². The lowest BCUT2D eigenvalue weighted by atomic mass is 10.1. The summed E-state index contributed by atoms with van der Waals surface area (Å²) in [5, 5.41) is 6.27. The summed E-state index contributed by atoms with van der Waals surface area (Å²) in [5.41, 5.74) is 1.93. The summed E-state index contributed by atoms with van der Waals surface area (Å²) in [6.45, 7) is 0. The molecule has 0 aliphatic heterocycles. The van der Waals surface area contributed by atoms with Gasteiger partial charge >= 0.3 is 0 Å². The van der Waals surface area contributed by atoms with Crippen molar-refractivity contribution in [3.63, 3.8) is 0 Å².